The highest BCUT2D eigenvalue weighted by Crippen LogP contribution is 2.23. The van der Waals surface area contributed by atoms with Gasteiger partial charge in [-0.1, -0.05) is 6.08 Å². The predicted octanol–water partition coefficient (Wildman–Crippen LogP) is -0.154. The van der Waals surface area contributed by atoms with Gasteiger partial charge in [0.1, 0.15) is 0 Å². The maximum Gasteiger partial charge on any atom is 0.307 e. The number of aromatic nitrogens is 3. The predicted molar refractivity (Wildman–Crippen MR) is 58.8 cm³/mol. The van der Waals surface area contributed by atoms with Crippen molar-refractivity contribution in [3.05, 3.63) is 27.6 Å². The van der Waals surface area contributed by atoms with Gasteiger partial charge in [0.2, 0.25) is 5.95 Å². The number of aliphatic hydroxyl groups excluding tert-OH is 1. The van der Waals surface area contributed by atoms with Crippen LogP contribution in [0.5, 0.6) is 0 Å². The molecule has 1 aromatic heterocycles. The van der Waals surface area contributed by atoms with Crippen LogP contribution in [-0.2, 0) is 4.74 Å². The number of hydrogen-bond acceptors (Lipinski definition) is 6. The summed E-state index contributed by atoms with van der Waals surface area (Å²) in [7, 11) is 0. The lowest BCUT2D eigenvalue weighted by Gasteiger charge is -2.13. The highest BCUT2D eigenvalue weighted by atomic mass is 79.9. The van der Waals surface area contributed by atoms with Gasteiger partial charge in [0, 0.05) is 0 Å². The van der Waals surface area contributed by atoms with Gasteiger partial charge < -0.3 is 15.2 Å². The normalized spacial score (nSPS) is 22.6. The van der Waals surface area contributed by atoms with Gasteiger partial charge in [0.15, 0.2) is 17.1 Å². The molecule has 0 unspecified atom stereocenters. The third kappa shape index (κ3) is 1.86. The molecule has 2 rings (SSSR count). The second kappa shape index (κ2) is 4.32. The molecule has 0 radical (unpaired) electrons. The first-order chi connectivity index (χ1) is 7.63. The largest absolute Gasteiger partial charge is 0.368 e. The first kappa shape index (κ1) is 11.2. The molecule has 1 aromatic rings. The minimum Gasteiger partial charge on any atom is -0.368 e. The van der Waals surface area contributed by atoms with Crippen molar-refractivity contribution in [2.24, 2.45) is 0 Å². The maximum atomic E-state index is 11.2. The monoisotopic (exact) mass is 288 g/mol. The van der Waals surface area contributed by atoms with Crippen molar-refractivity contribution in [1.29, 1.82) is 0 Å². The fraction of sp³-hybridized carbons (Fsp3) is 0.375. The minimum absolute atomic E-state index is 0.0430. The molecule has 16 heavy (non-hydrogen) atoms. The maximum absolute atomic E-state index is 11.2. The first-order valence-corrected chi connectivity index (χ1v) is 5.26. The molecule has 8 heteroatoms. The minimum atomic E-state index is -1.03. The molecule has 0 aromatic carbocycles. The van der Waals surface area contributed by atoms with Crippen LogP contribution in [0.25, 0.3) is 0 Å². The summed E-state index contributed by atoms with van der Waals surface area (Å²) in [6, 6.07) is 0. The molecule has 0 amide bonds. The molecule has 2 N–H and O–H groups in total. The van der Waals surface area contributed by atoms with Gasteiger partial charge in [-0.15, -0.1) is 6.58 Å². The zero-order valence-corrected chi connectivity index (χ0v) is 9.72. The van der Waals surface area contributed by atoms with Gasteiger partial charge >= 0.3 is 5.56 Å². The molecular weight excluding hydrogens is 280 g/mol. The smallest absolute Gasteiger partial charge is 0.307 e. The molecule has 7 nitrogen and oxygen atoms in total. The Hall–Kier alpha value is -1.25. The molecule has 86 valence electrons. The second-order valence-electron chi connectivity index (χ2n) is 3.08. The Kier molecular flexibility index (Phi) is 3.03. The molecule has 0 aliphatic carbocycles. The van der Waals surface area contributed by atoms with E-state index in [-0.39, 0.29) is 17.2 Å². The number of nitrogens with one attached hydrogen (secondary N) is 1. The van der Waals surface area contributed by atoms with E-state index in [4.69, 9.17) is 4.74 Å². The molecule has 1 aliphatic rings. The second-order valence-corrected chi connectivity index (χ2v) is 3.83. The van der Waals surface area contributed by atoms with Gasteiger partial charge in [-0.25, -0.2) is 0 Å². The van der Waals surface area contributed by atoms with E-state index in [1.165, 1.54) is 4.68 Å². The lowest BCUT2D eigenvalue weighted by molar-refractivity contribution is -0.0401. The lowest BCUT2D eigenvalue weighted by Crippen LogP contribution is -2.26. The fourth-order valence-electron chi connectivity index (χ4n) is 1.29. The van der Waals surface area contributed by atoms with Gasteiger partial charge in [0.05, 0.1) is 6.61 Å². The molecule has 0 bridgehead atoms. The van der Waals surface area contributed by atoms with Crippen LogP contribution in [0.2, 0.25) is 0 Å². The first-order valence-electron chi connectivity index (χ1n) is 4.47. The summed E-state index contributed by atoms with van der Waals surface area (Å²) in [5.41, 5.74) is -0.504. The van der Waals surface area contributed by atoms with Crippen molar-refractivity contribution in [3.63, 3.8) is 0 Å². The lowest BCUT2D eigenvalue weighted by atomic mass is 10.5. The van der Waals surface area contributed by atoms with Gasteiger partial charge in [-0.2, -0.15) is 14.8 Å². The van der Waals surface area contributed by atoms with Crippen molar-refractivity contribution in [3.8, 4) is 0 Å². The number of nitrogens with zero attached hydrogens (tertiary/aromatic N) is 3. The third-order valence-corrected chi connectivity index (χ3v) is 2.48. The average Bonchev–Trinajstić information content (AvgIpc) is 2.54. The van der Waals surface area contributed by atoms with Crippen molar-refractivity contribution in [2.75, 3.05) is 11.9 Å². The summed E-state index contributed by atoms with van der Waals surface area (Å²) in [5.74, 6) is 0.176. The number of halogens is 1. The van der Waals surface area contributed by atoms with E-state index in [1.807, 2.05) is 0 Å². The number of hydrogen-bond donors (Lipinski definition) is 2. The quantitative estimate of drug-likeness (QED) is 0.752. The van der Waals surface area contributed by atoms with Gasteiger partial charge in [-0.3, -0.25) is 4.79 Å². The number of rotatable bonds is 3. The average molecular weight is 289 g/mol. The van der Waals surface area contributed by atoms with E-state index in [2.05, 4.69) is 37.9 Å². The van der Waals surface area contributed by atoms with Crippen molar-refractivity contribution >= 4 is 21.9 Å². The highest BCUT2D eigenvalue weighted by Gasteiger charge is 2.32. The molecule has 0 fully saturated rings. The van der Waals surface area contributed by atoms with Crippen LogP contribution in [0.1, 0.15) is 6.23 Å². The number of anilines is 1. The molecule has 2 heterocycles. The molecule has 2 atom stereocenters. The molecular formula is C8H9BrN4O3. The van der Waals surface area contributed by atoms with Crippen LogP contribution < -0.4 is 10.9 Å². The third-order valence-electron chi connectivity index (χ3n) is 1.98. The van der Waals surface area contributed by atoms with Crippen LogP contribution in [0.3, 0.4) is 0 Å². The summed E-state index contributed by atoms with van der Waals surface area (Å²) < 4.78 is 6.45. The number of fused-ring (bicyclic) bond motifs is 1. The number of aliphatic hydroxyl groups is 1. The van der Waals surface area contributed by atoms with Crippen molar-refractivity contribution in [1.82, 2.24) is 14.8 Å². The van der Waals surface area contributed by atoms with E-state index in [9.17, 15) is 9.90 Å². The van der Waals surface area contributed by atoms with E-state index in [0.29, 0.717) is 0 Å². The SMILES string of the molecule is C=CCO[C@H]1Nc2nc(=O)c(Br)nn2[C@@H]1O. The summed E-state index contributed by atoms with van der Waals surface area (Å²) in [6.45, 7) is 3.77. The summed E-state index contributed by atoms with van der Waals surface area (Å²) in [5, 5.41) is 16.4. The molecule has 1 aliphatic heterocycles. The van der Waals surface area contributed by atoms with Crippen LogP contribution in [0.15, 0.2) is 22.1 Å². The van der Waals surface area contributed by atoms with E-state index in [0.717, 1.165) is 0 Å². The van der Waals surface area contributed by atoms with E-state index < -0.39 is 18.0 Å². The Bertz CT molecular complexity index is 475. The van der Waals surface area contributed by atoms with Crippen LogP contribution >= 0.6 is 15.9 Å². The Labute approximate surface area is 98.9 Å². The highest BCUT2D eigenvalue weighted by molar-refractivity contribution is 9.10. The van der Waals surface area contributed by atoms with Crippen molar-refractivity contribution < 1.29 is 9.84 Å². The zero-order chi connectivity index (χ0) is 11.7. The summed E-state index contributed by atoms with van der Waals surface area (Å²) >= 11 is 2.95. The van der Waals surface area contributed by atoms with Gasteiger partial charge in [-0.05, 0) is 15.9 Å². The molecule has 0 spiro atoms. The van der Waals surface area contributed by atoms with Gasteiger partial charge in [0.25, 0.3) is 0 Å². The molecule has 0 saturated heterocycles. The van der Waals surface area contributed by atoms with E-state index in [1.54, 1.807) is 6.08 Å². The summed E-state index contributed by atoms with van der Waals surface area (Å²) in [4.78, 5) is 14.9. The number of ether oxygens (including phenoxy) is 1. The Morgan fingerprint density at radius 1 is 1.75 bits per heavy atom. The zero-order valence-electron chi connectivity index (χ0n) is 8.13. The topological polar surface area (TPSA) is 89.3 Å². The standard InChI is InChI=1S/C8H9BrN4O3/c1-2-3-16-6-7(15)13-8(11-6)10-5(14)4(9)12-13/h2,6-7,15H,1,3H2,(H,10,11,14)/t6-,7-/m1/s1. The Morgan fingerprint density at radius 3 is 3.19 bits per heavy atom. The van der Waals surface area contributed by atoms with Crippen molar-refractivity contribution in [2.45, 2.75) is 12.5 Å². The van der Waals surface area contributed by atoms with Crippen LogP contribution in [-0.4, -0.2) is 32.7 Å². The summed E-state index contributed by atoms with van der Waals surface area (Å²) in [6.07, 6.45) is -0.163. The Balaban J connectivity index is 2.27. The molecule has 0 saturated carbocycles. The van der Waals surface area contributed by atoms with Crippen LogP contribution in [0, 0.1) is 0 Å². The fourth-order valence-corrected chi connectivity index (χ4v) is 1.55. The van der Waals surface area contributed by atoms with Crippen LogP contribution in [0.4, 0.5) is 5.95 Å². The van der Waals surface area contributed by atoms with E-state index >= 15 is 0 Å². The Morgan fingerprint density at radius 2 is 2.50 bits per heavy atom.